The predicted octanol–water partition coefficient (Wildman–Crippen LogP) is 0.766. The Bertz CT molecular complexity index is 652. The zero-order valence-corrected chi connectivity index (χ0v) is 10.5. The van der Waals surface area contributed by atoms with Gasteiger partial charge in [0.1, 0.15) is 5.69 Å². The smallest absolute Gasteiger partial charge is 0.175 e. The predicted molar refractivity (Wildman–Crippen MR) is 67.9 cm³/mol. The number of anilines is 1. The van der Waals surface area contributed by atoms with Gasteiger partial charge in [0, 0.05) is 18.6 Å². The summed E-state index contributed by atoms with van der Waals surface area (Å²) in [5.41, 5.74) is 10.3. The number of nitrogens with zero attached hydrogens (tertiary/aromatic N) is 6. The number of nitrogens with two attached hydrogens (primary N) is 1. The van der Waals surface area contributed by atoms with Crippen LogP contribution >= 0.6 is 11.3 Å². The van der Waals surface area contributed by atoms with Crippen LogP contribution in [0.4, 0.5) is 5.82 Å². The largest absolute Gasteiger partial charge is 0.380 e. The molecule has 0 saturated carbocycles. The molecule has 0 unspecified atom stereocenters. The van der Waals surface area contributed by atoms with E-state index in [1.165, 1.54) is 0 Å². The molecule has 3 rings (SSSR count). The number of rotatable bonds is 3. The number of aryl methyl sites for hydroxylation is 1. The Morgan fingerprint density at radius 3 is 3.00 bits per heavy atom. The fourth-order valence-electron chi connectivity index (χ4n) is 1.78. The second kappa shape index (κ2) is 4.22. The fraction of sp³-hybridized carbons (Fsp3) is 0.200. The van der Waals surface area contributed by atoms with Gasteiger partial charge in [0.2, 0.25) is 0 Å². The third-order valence-corrected chi connectivity index (χ3v) is 3.26. The molecule has 0 radical (unpaired) electrons. The molecule has 0 bridgehead atoms. The quantitative estimate of drug-likeness (QED) is 0.752. The van der Waals surface area contributed by atoms with Gasteiger partial charge in [-0.05, 0) is 6.07 Å². The van der Waals surface area contributed by atoms with Crippen LogP contribution in [0.1, 0.15) is 5.69 Å². The number of nitrogen functional groups attached to an aromatic ring is 1. The standard InChI is InChI=1S/C10H11N7S/c1-16-8(2-3-13-16)9-10(11)14-15-17(9)4-7-5-18-6-12-7/h2-3,5-6H,4,11H2,1H3. The summed E-state index contributed by atoms with van der Waals surface area (Å²) >= 11 is 1.55. The Morgan fingerprint density at radius 1 is 1.44 bits per heavy atom. The minimum absolute atomic E-state index is 0.397. The molecule has 2 N–H and O–H groups in total. The van der Waals surface area contributed by atoms with Gasteiger partial charge in [-0.2, -0.15) is 5.10 Å². The topological polar surface area (TPSA) is 87.4 Å². The summed E-state index contributed by atoms with van der Waals surface area (Å²) in [5, 5.41) is 14.1. The lowest BCUT2D eigenvalue weighted by atomic mass is 10.3. The Labute approximate surface area is 107 Å². The second-order valence-electron chi connectivity index (χ2n) is 3.80. The van der Waals surface area contributed by atoms with Gasteiger partial charge in [-0.1, -0.05) is 5.21 Å². The zero-order valence-electron chi connectivity index (χ0n) is 9.69. The highest BCUT2D eigenvalue weighted by molar-refractivity contribution is 7.07. The molecule has 0 aromatic carbocycles. The van der Waals surface area contributed by atoms with Crippen molar-refractivity contribution >= 4 is 17.2 Å². The first kappa shape index (κ1) is 10.9. The molecule has 3 heterocycles. The van der Waals surface area contributed by atoms with Crippen LogP contribution in [0.25, 0.3) is 11.4 Å². The molecule has 0 aliphatic rings. The Kier molecular flexibility index (Phi) is 2.56. The van der Waals surface area contributed by atoms with Crippen LogP contribution in [0.5, 0.6) is 0 Å². The Hall–Kier alpha value is -2.22. The highest BCUT2D eigenvalue weighted by Gasteiger charge is 2.16. The maximum atomic E-state index is 5.88. The van der Waals surface area contributed by atoms with E-state index in [0.717, 1.165) is 17.1 Å². The van der Waals surface area contributed by atoms with Gasteiger partial charge in [0.05, 0.1) is 23.4 Å². The second-order valence-corrected chi connectivity index (χ2v) is 4.52. The van der Waals surface area contributed by atoms with Crippen LogP contribution in [0.15, 0.2) is 23.2 Å². The lowest BCUT2D eigenvalue weighted by Crippen LogP contribution is -2.07. The van der Waals surface area contributed by atoms with Crippen LogP contribution in [0.2, 0.25) is 0 Å². The molecule has 18 heavy (non-hydrogen) atoms. The third-order valence-electron chi connectivity index (χ3n) is 2.62. The van der Waals surface area contributed by atoms with Crippen LogP contribution in [0.3, 0.4) is 0 Å². The van der Waals surface area contributed by atoms with Crippen molar-refractivity contribution in [1.82, 2.24) is 29.8 Å². The SMILES string of the molecule is Cn1nccc1-c1c(N)nnn1Cc1cscn1. The van der Waals surface area contributed by atoms with Crippen molar-refractivity contribution < 1.29 is 0 Å². The van der Waals surface area contributed by atoms with Gasteiger partial charge < -0.3 is 5.73 Å². The van der Waals surface area contributed by atoms with Gasteiger partial charge in [-0.3, -0.25) is 4.68 Å². The van der Waals surface area contributed by atoms with E-state index >= 15 is 0 Å². The van der Waals surface area contributed by atoms with E-state index in [4.69, 9.17) is 5.73 Å². The van der Waals surface area contributed by atoms with E-state index in [2.05, 4.69) is 20.4 Å². The fourth-order valence-corrected chi connectivity index (χ4v) is 2.33. The summed E-state index contributed by atoms with van der Waals surface area (Å²) in [4.78, 5) is 4.23. The molecule has 7 nitrogen and oxygen atoms in total. The number of aromatic nitrogens is 6. The summed E-state index contributed by atoms with van der Waals surface area (Å²) < 4.78 is 3.48. The van der Waals surface area contributed by atoms with Crippen molar-refractivity contribution in [3.05, 3.63) is 28.8 Å². The molecule has 3 aromatic rings. The maximum Gasteiger partial charge on any atom is 0.175 e. The number of thiazole rings is 1. The molecule has 92 valence electrons. The molecule has 0 fully saturated rings. The molecule has 0 saturated heterocycles. The van der Waals surface area contributed by atoms with Crippen LogP contribution in [-0.2, 0) is 13.6 Å². The number of hydrogen-bond donors (Lipinski definition) is 1. The van der Waals surface area contributed by atoms with Crippen molar-refractivity contribution in [3.63, 3.8) is 0 Å². The summed E-state index contributed by atoms with van der Waals surface area (Å²) in [6, 6.07) is 1.88. The molecule has 0 aliphatic heterocycles. The summed E-state index contributed by atoms with van der Waals surface area (Å²) in [7, 11) is 1.86. The van der Waals surface area contributed by atoms with Crippen molar-refractivity contribution in [2.24, 2.45) is 7.05 Å². The van der Waals surface area contributed by atoms with E-state index in [0.29, 0.717) is 12.4 Å². The van der Waals surface area contributed by atoms with Crippen LogP contribution in [-0.4, -0.2) is 29.8 Å². The van der Waals surface area contributed by atoms with Crippen molar-refractivity contribution in [1.29, 1.82) is 0 Å². The van der Waals surface area contributed by atoms with Gasteiger partial charge in [-0.25, -0.2) is 9.67 Å². The van der Waals surface area contributed by atoms with Gasteiger partial charge in [0.15, 0.2) is 5.82 Å². The first-order valence-corrected chi connectivity index (χ1v) is 6.24. The summed E-state index contributed by atoms with van der Waals surface area (Å²) in [6.07, 6.45) is 1.72. The molecule has 0 amide bonds. The zero-order chi connectivity index (χ0) is 12.5. The molecule has 8 heteroatoms. The highest BCUT2D eigenvalue weighted by Crippen LogP contribution is 2.23. The van der Waals surface area contributed by atoms with Gasteiger partial charge in [0.25, 0.3) is 0 Å². The minimum atomic E-state index is 0.397. The Morgan fingerprint density at radius 2 is 2.33 bits per heavy atom. The summed E-state index contributed by atoms with van der Waals surface area (Å²) in [6.45, 7) is 0.550. The Balaban J connectivity index is 2.04. The van der Waals surface area contributed by atoms with Crippen LogP contribution in [0, 0.1) is 0 Å². The molecule has 0 atom stereocenters. The highest BCUT2D eigenvalue weighted by atomic mass is 32.1. The van der Waals surface area contributed by atoms with E-state index in [1.807, 2.05) is 18.5 Å². The lowest BCUT2D eigenvalue weighted by Gasteiger charge is -2.05. The van der Waals surface area contributed by atoms with E-state index in [9.17, 15) is 0 Å². The molecular formula is C10H11N7S. The average molecular weight is 261 g/mol. The minimum Gasteiger partial charge on any atom is -0.380 e. The first-order valence-electron chi connectivity index (χ1n) is 5.30. The van der Waals surface area contributed by atoms with E-state index in [-0.39, 0.29) is 0 Å². The van der Waals surface area contributed by atoms with E-state index < -0.39 is 0 Å². The monoisotopic (exact) mass is 261 g/mol. The van der Waals surface area contributed by atoms with Gasteiger partial charge >= 0.3 is 0 Å². The van der Waals surface area contributed by atoms with Crippen molar-refractivity contribution in [2.75, 3.05) is 5.73 Å². The average Bonchev–Trinajstić information content (AvgIpc) is 3.04. The van der Waals surface area contributed by atoms with Crippen molar-refractivity contribution in [3.8, 4) is 11.4 Å². The van der Waals surface area contributed by atoms with Gasteiger partial charge in [-0.15, -0.1) is 16.4 Å². The number of hydrogen-bond acceptors (Lipinski definition) is 6. The normalized spacial score (nSPS) is 10.9. The van der Waals surface area contributed by atoms with E-state index in [1.54, 1.807) is 32.4 Å². The molecule has 0 spiro atoms. The maximum absolute atomic E-state index is 5.88. The molecule has 0 aliphatic carbocycles. The summed E-state index contributed by atoms with van der Waals surface area (Å²) in [5.74, 6) is 0.397. The molecule has 3 aromatic heterocycles. The lowest BCUT2D eigenvalue weighted by molar-refractivity contribution is 0.641. The van der Waals surface area contributed by atoms with Crippen molar-refractivity contribution in [2.45, 2.75) is 6.54 Å². The first-order chi connectivity index (χ1) is 8.75. The molecular weight excluding hydrogens is 250 g/mol. The third kappa shape index (κ3) is 1.76. The van der Waals surface area contributed by atoms with Crippen LogP contribution < -0.4 is 5.73 Å².